The number of benzene rings is 6. The molecule has 1 saturated heterocycles. The predicted molar refractivity (Wildman–Crippen MR) is 203 cm³/mol. The van der Waals surface area contributed by atoms with Gasteiger partial charge in [-0.3, -0.25) is 0 Å². The van der Waals surface area contributed by atoms with Gasteiger partial charge in [0, 0.05) is 60.7 Å². The molecule has 10 aromatic rings. The van der Waals surface area contributed by atoms with Gasteiger partial charge in [0.1, 0.15) is 39.1 Å². The molecular weight excluding hydrogens is 647 g/mol. The van der Waals surface area contributed by atoms with E-state index in [2.05, 4.69) is 58.0 Å². The zero-order chi connectivity index (χ0) is 33.9. The molecule has 4 aromatic heterocycles. The summed E-state index contributed by atoms with van der Waals surface area (Å²) in [5, 5.41) is 9.27. The molecule has 0 spiro atoms. The van der Waals surface area contributed by atoms with E-state index in [-0.39, 0.29) is 0 Å². The van der Waals surface area contributed by atoms with Crippen LogP contribution in [0.1, 0.15) is 27.7 Å². The Morgan fingerprint density at radius 2 is 0.860 bits per heavy atom. The van der Waals surface area contributed by atoms with Gasteiger partial charge in [-0.1, -0.05) is 78.3 Å². The summed E-state index contributed by atoms with van der Waals surface area (Å²) in [7, 11) is -0.465. The van der Waals surface area contributed by atoms with Crippen molar-refractivity contribution in [1.29, 1.82) is 0 Å². The topological polar surface area (TPSA) is 71.0 Å². The molecule has 1 aliphatic heterocycles. The van der Waals surface area contributed by atoms with E-state index < -0.39 is 18.3 Å². The zero-order valence-electron chi connectivity index (χ0n) is 27.8. The van der Waals surface area contributed by atoms with Crippen molar-refractivity contribution in [3.63, 3.8) is 0 Å². The van der Waals surface area contributed by atoms with Crippen LogP contribution in [0, 0.1) is 0 Å². The van der Waals surface area contributed by atoms with E-state index in [4.69, 9.17) is 38.6 Å². The fourth-order valence-electron chi connectivity index (χ4n) is 7.18. The lowest BCUT2D eigenvalue weighted by molar-refractivity contribution is 0.00578. The van der Waals surface area contributed by atoms with E-state index in [1.807, 2.05) is 78.9 Å². The summed E-state index contributed by atoms with van der Waals surface area (Å²) < 4.78 is 36.7. The highest BCUT2D eigenvalue weighted by atomic mass is 35.5. The molecule has 1 aliphatic rings. The summed E-state index contributed by atoms with van der Waals surface area (Å²) in [6, 6.07) is 36.3. The second kappa shape index (κ2) is 10.4. The summed E-state index contributed by atoms with van der Waals surface area (Å²) in [5.74, 6) is 0. The van der Waals surface area contributed by atoms with E-state index in [0.717, 1.165) is 93.2 Å². The van der Waals surface area contributed by atoms with Gasteiger partial charge in [-0.15, -0.1) is 0 Å². The van der Waals surface area contributed by atoms with Crippen LogP contribution < -0.4 is 5.46 Å². The molecule has 0 saturated carbocycles. The van der Waals surface area contributed by atoms with Gasteiger partial charge in [-0.2, -0.15) is 0 Å². The molecule has 50 heavy (non-hydrogen) atoms. The fraction of sp³-hybridized carbons (Fsp3) is 0.143. The van der Waals surface area contributed by atoms with Crippen molar-refractivity contribution in [2.24, 2.45) is 0 Å². The lowest BCUT2D eigenvalue weighted by Gasteiger charge is -2.32. The Labute approximate surface area is 291 Å². The van der Waals surface area contributed by atoms with E-state index in [1.165, 1.54) is 0 Å². The zero-order valence-corrected chi connectivity index (χ0v) is 28.6. The van der Waals surface area contributed by atoms with Crippen molar-refractivity contribution >= 4 is 112 Å². The fourth-order valence-corrected chi connectivity index (χ4v) is 7.39. The van der Waals surface area contributed by atoms with Gasteiger partial charge < -0.3 is 27.0 Å². The van der Waals surface area contributed by atoms with Gasteiger partial charge >= 0.3 is 7.12 Å². The number of para-hydroxylation sites is 4. The molecule has 5 heterocycles. The molecule has 0 N–H and O–H groups in total. The third-order valence-corrected chi connectivity index (χ3v) is 10.8. The van der Waals surface area contributed by atoms with Gasteiger partial charge in [0.2, 0.25) is 0 Å². The number of hydrogen-bond donors (Lipinski definition) is 0. The lowest BCUT2D eigenvalue weighted by atomic mass is 9.78. The summed E-state index contributed by atoms with van der Waals surface area (Å²) >= 11 is 6.21. The van der Waals surface area contributed by atoms with Crippen LogP contribution in [0.2, 0.25) is 5.02 Å². The molecule has 6 aromatic carbocycles. The first-order valence-electron chi connectivity index (χ1n) is 16.7. The molecule has 0 amide bonds. The second-order valence-corrected chi connectivity index (χ2v) is 14.4. The standard InChI is InChI=1S/C24H21BO4.C18H9ClO2/c1-23(2)24(3,4)29-25(28-23)18-10-7-9-15-17-12-16-14-8-5-6-11-19(14)26-20(16)13-21(17)27-22(15)18;19-14-6-3-5-11-13-8-12-10-4-1-2-7-15(10)20-16(12)9-17(13)21-18(11)14/h5-13H,1-4H3;1-9H. The maximum Gasteiger partial charge on any atom is 0.498 e. The third-order valence-electron chi connectivity index (χ3n) is 10.5. The van der Waals surface area contributed by atoms with Crippen LogP contribution in [-0.4, -0.2) is 18.3 Å². The summed E-state index contributed by atoms with van der Waals surface area (Å²) in [6.45, 7) is 8.24. The van der Waals surface area contributed by atoms with Crippen LogP contribution in [-0.2, 0) is 9.31 Å². The van der Waals surface area contributed by atoms with Crippen molar-refractivity contribution in [1.82, 2.24) is 0 Å². The quantitative estimate of drug-likeness (QED) is 0.161. The number of fused-ring (bicyclic) bond motifs is 12. The number of furan rings is 4. The molecular formula is C42H30BClO6. The summed E-state index contributed by atoms with van der Waals surface area (Å²) in [4.78, 5) is 0. The van der Waals surface area contributed by atoms with Gasteiger partial charge in [0.05, 0.1) is 16.2 Å². The first kappa shape index (κ1) is 29.7. The molecule has 0 atom stereocenters. The average molecular weight is 677 g/mol. The molecule has 0 bridgehead atoms. The highest BCUT2D eigenvalue weighted by Crippen LogP contribution is 2.41. The van der Waals surface area contributed by atoms with Gasteiger partial charge in [0.15, 0.2) is 5.58 Å². The Hall–Kier alpha value is -5.21. The Bertz CT molecular complexity index is 2960. The lowest BCUT2D eigenvalue weighted by Crippen LogP contribution is -2.41. The smallest absolute Gasteiger partial charge is 0.456 e. The first-order chi connectivity index (χ1) is 24.1. The van der Waals surface area contributed by atoms with Crippen LogP contribution in [0.25, 0.3) is 87.8 Å². The molecule has 8 heteroatoms. The van der Waals surface area contributed by atoms with Crippen molar-refractivity contribution < 1.29 is 27.0 Å². The molecule has 0 unspecified atom stereocenters. The molecule has 1 fully saturated rings. The highest BCUT2D eigenvalue weighted by Gasteiger charge is 2.52. The maximum atomic E-state index is 6.32. The van der Waals surface area contributed by atoms with Crippen LogP contribution in [0.4, 0.5) is 0 Å². The normalized spacial score (nSPS) is 15.8. The molecule has 11 rings (SSSR count). The molecule has 244 valence electrons. The number of rotatable bonds is 1. The highest BCUT2D eigenvalue weighted by molar-refractivity contribution is 6.65. The summed E-state index contributed by atoms with van der Waals surface area (Å²) in [6.07, 6.45) is 0. The first-order valence-corrected chi connectivity index (χ1v) is 17.1. The summed E-state index contributed by atoms with van der Waals surface area (Å²) in [5.41, 5.74) is 6.69. The average Bonchev–Trinajstić information content (AvgIpc) is 3.89. The van der Waals surface area contributed by atoms with Crippen molar-refractivity contribution in [2.75, 3.05) is 0 Å². The molecule has 6 nitrogen and oxygen atoms in total. The van der Waals surface area contributed by atoms with Crippen LogP contribution in [0.15, 0.2) is 127 Å². The van der Waals surface area contributed by atoms with E-state index >= 15 is 0 Å². The Morgan fingerprint density at radius 3 is 1.44 bits per heavy atom. The largest absolute Gasteiger partial charge is 0.498 e. The van der Waals surface area contributed by atoms with Crippen LogP contribution in [0.3, 0.4) is 0 Å². The van der Waals surface area contributed by atoms with E-state index in [0.29, 0.717) is 5.02 Å². The van der Waals surface area contributed by atoms with Gasteiger partial charge in [0.25, 0.3) is 0 Å². The minimum absolute atomic E-state index is 0.398. The second-order valence-electron chi connectivity index (χ2n) is 14.0. The van der Waals surface area contributed by atoms with Crippen LogP contribution >= 0.6 is 11.6 Å². The van der Waals surface area contributed by atoms with Gasteiger partial charge in [-0.05, 0) is 58.0 Å². The van der Waals surface area contributed by atoms with Crippen LogP contribution in [0.5, 0.6) is 0 Å². The minimum Gasteiger partial charge on any atom is -0.456 e. The monoisotopic (exact) mass is 676 g/mol. The number of hydrogen-bond acceptors (Lipinski definition) is 6. The molecule has 0 aliphatic carbocycles. The van der Waals surface area contributed by atoms with Crippen molar-refractivity contribution in [3.05, 3.63) is 114 Å². The van der Waals surface area contributed by atoms with E-state index in [1.54, 1.807) is 0 Å². The predicted octanol–water partition coefficient (Wildman–Crippen LogP) is 11.9. The maximum absolute atomic E-state index is 6.32. The Balaban J connectivity index is 0.000000133. The van der Waals surface area contributed by atoms with E-state index in [9.17, 15) is 0 Å². The van der Waals surface area contributed by atoms with Crippen molar-refractivity contribution in [3.8, 4) is 0 Å². The Morgan fingerprint density at radius 1 is 0.420 bits per heavy atom. The number of halogens is 1. The van der Waals surface area contributed by atoms with Crippen molar-refractivity contribution in [2.45, 2.75) is 38.9 Å². The molecule has 0 radical (unpaired) electrons. The SMILES string of the molecule is CC1(C)OB(c2cccc3c2oc2cc4oc5ccccc5c4cc23)OC1(C)C.Clc1cccc2c1oc1cc3oc4ccccc4c3cc12. The third kappa shape index (κ3) is 4.30. The van der Waals surface area contributed by atoms with Gasteiger partial charge in [-0.25, -0.2) is 0 Å². The minimum atomic E-state index is -0.465. The Kier molecular flexibility index (Phi) is 6.18.